The van der Waals surface area contributed by atoms with Gasteiger partial charge in [-0.2, -0.15) is 5.26 Å². The third-order valence-corrected chi connectivity index (χ3v) is 4.02. The first-order valence-electron chi connectivity index (χ1n) is 7.24. The Kier molecular flexibility index (Phi) is 6.01. The molecule has 1 saturated heterocycles. The Balaban J connectivity index is 2.27. The minimum atomic E-state index is -0.383. The van der Waals surface area contributed by atoms with Gasteiger partial charge in [-0.1, -0.05) is 11.8 Å². The van der Waals surface area contributed by atoms with Gasteiger partial charge in [0.2, 0.25) is 0 Å². The molecule has 1 aromatic rings. The number of hydrogen-bond donors (Lipinski definition) is 2. The summed E-state index contributed by atoms with van der Waals surface area (Å²) in [5.74, 6) is 0.252. The van der Waals surface area contributed by atoms with Crippen LogP contribution in [-0.2, 0) is 16.1 Å². The summed E-state index contributed by atoms with van der Waals surface area (Å²) in [5.41, 5.74) is 7.11. The van der Waals surface area contributed by atoms with Gasteiger partial charge >= 0.3 is 5.97 Å². The van der Waals surface area contributed by atoms with Crippen molar-refractivity contribution in [2.75, 3.05) is 36.5 Å². The molecule has 0 aromatic carbocycles. The first-order chi connectivity index (χ1) is 11.0. The highest BCUT2D eigenvalue weighted by molar-refractivity contribution is 7.98. The van der Waals surface area contributed by atoms with Crippen LogP contribution in [0.4, 0.5) is 11.5 Å². The minimum Gasteiger partial charge on any atom is -0.459 e. The molecule has 1 aliphatic heterocycles. The number of ether oxygens (including phenoxy) is 1. The molecule has 1 aliphatic rings. The van der Waals surface area contributed by atoms with Crippen LogP contribution in [0.5, 0.6) is 0 Å². The fourth-order valence-corrected chi connectivity index (χ4v) is 2.74. The number of nitrogens with one attached hydrogen (secondary N) is 1. The molecule has 0 spiro atoms. The summed E-state index contributed by atoms with van der Waals surface area (Å²) in [7, 11) is 0. The molecular weight excluding hydrogens is 316 g/mol. The topological polar surface area (TPSA) is 117 Å². The number of aromatic nitrogens is 2. The molecule has 1 aromatic heterocycles. The first-order valence-corrected chi connectivity index (χ1v) is 8.46. The predicted octanol–water partition coefficient (Wildman–Crippen LogP) is 0.536. The Labute approximate surface area is 139 Å². The van der Waals surface area contributed by atoms with Crippen molar-refractivity contribution < 1.29 is 9.53 Å². The van der Waals surface area contributed by atoms with Gasteiger partial charge in [-0.05, 0) is 6.26 Å². The van der Waals surface area contributed by atoms with E-state index in [1.165, 1.54) is 18.7 Å². The summed E-state index contributed by atoms with van der Waals surface area (Å²) in [6.45, 7) is 3.51. The number of nitrogens with two attached hydrogens (primary N) is 1. The van der Waals surface area contributed by atoms with Crippen molar-refractivity contribution in [3.8, 4) is 6.07 Å². The maximum Gasteiger partial charge on any atom is 0.303 e. The molecular formula is C14H20N6O2S. The molecule has 0 bridgehead atoms. The van der Waals surface area contributed by atoms with Gasteiger partial charge in [-0.25, -0.2) is 9.97 Å². The number of esters is 1. The zero-order valence-corrected chi connectivity index (χ0v) is 14.0. The fourth-order valence-electron chi connectivity index (χ4n) is 2.36. The molecule has 23 heavy (non-hydrogen) atoms. The molecule has 2 heterocycles. The van der Waals surface area contributed by atoms with Gasteiger partial charge in [0.15, 0.2) is 11.0 Å². The molecule has 8 nitrogen and oxygen atoms in total. The van der Waals surface area contributed by atoms with Crippen molar-refractivity contribution in [3.05, 3.63) is 5.69 Å². The van der Waals surface area contributed by atoms with Crippen LogP contribution < -0.4 is 16.0 Å². The third-order valence-electron chi connectivity index (χ3n) is 3.47. The number of rotatable bonds is 5. The molecule has 124 valence electrons. The van der Waals surface area contributed by atoms with Gasteiger partial charge < -0.3 is 20.7 Å². The average Bonchev–Trinajstić information content (AvgIpc) is 2.54. The lowest BCUT2D eigenvalue weighted by Gasteiger charge is -2.34. The van der Waals surface area contributed by atoms with E-state index in [2.05, 4.69) is 21.4 Å². The second-order valence-corrected chi connectivity index (χ2v) is 5.91. The number of nitrogens with zero attached hydrogens (tertiary/aromatic N) is 4. The van der Waals surface area contributed by atoms with Crippen LogP contribution in [-0.4, -0.2) is 47.9 Å². The quantitative estimate of drug-likeness (QED) is 0.451. The lowest BCUT2D eigenvalue weighted by molar-refractivity contribution is -0.142. The Morgan fingerprint density at radius 1 is 1.61 bits per heavy atom. The van der Waals surface area contributed by atoms with Crippen molar-refractivity contribution >= 4 is 29.2 Å². The Bertz CT molecular complexity index is 618. The highest BCUT2D eigenvalue weighted by Gasteiger charge is 2.24. The molecule has 0 aliphatic carbocycles. The van der Waals surface area contributed by atoms with Crippen molar-refractivity contribution in [2.45, 2.75) is 31.1 Å². The highest BCUT2D eigenvalue weighted by atomic mass is 32.2. The van der Waals surface area contributed by atoms with Crippen molar-refractivity contribution in [1.29, 1.82) is 5.26 Å². The largest absolute Gasteiger partial charge is 0.459 e. The van der Waals surface area contributed by atoms with Gasteiger partial charge in [-0.3, -0.25) is 4.79 Å². The number of piperazine rings is 1. The van der Waals surface area contributed by atoms with Gasteiger partial charge in [0, 0.05) is 32.6 Å². The SMILES string of the molecule is CSc1nc(COC(C)=O)c(N)c(N2CCN[C@@H](CC#N)C2)n1. The number of anilines is 2. The molecule has 0 saturated carbocycles. The second-order valence-electron chi connectivity index (χ2n) is 5.13. The molecule has 0 unspecified atom stereocenters. The monoisotopic (exact) mass is 336 g/mol. The average molecular weight is 336 g/mol. The van der Waals surface area contributed by atoms with E-state index in [1.807, 2.05) is 11.2 Å². The number of hydrogen-bond acceptors (Lipinski definition) is 9. The summed E-state index contributed by atoms with van der Waals surface area (Å²) in [6.07, 6.45) is 2.30. The number of carbonyl (C=O) groups is 1. The molecule has 1 atom stereocenters. The van der Waals surface area contributed by atoms with E-state index < -0.39 is 0 Å². The van der Waals surface area contributed by atoms with E-state index in [0.717, 1.165) is 13.1 Å². The third kappa shape index (κ3) is 4.46. The summed E-state index contributed by atoms with van der Waals surface area (Å²) < 4.78 is 5.02. The first kappa shape index (κ1) is 17.3. The Hall–Kier alpha value is -2.05. The van der Waals surface area contributed by atoms with E-state index in [1.54, 1.807) is 0 Å². The normalized spacial score (nSPS) is 17.6. The molecule has 0 radical (unpaired) electrons. The molecule has 3 N–H and O–H groups in total. The zero-order chi connectivity index (χ0) is 16.8. The van der Waals surface area contributed by atoms with Crippen LogP contribution in [0.15, 0.2) is 5.16 Å². The summed E-state index contributed by atoms with van der Waals surface area (Å²) in [6, 6.07) is 2.26. The molecule has 1 fully saturated rings. The standard InChI is InChI=1S/C14H20N6O2S/c1-9(21)22-8-11-12(16)13(19-14(18-11)23-2)20-6-5-17-10(7-20)3-4-15/h10,17H,3,5-8,16H2,1-2H3/t10-/m0/s1. The summed E-state index contributed by atoms with van der Waals surface area (Å²) in [5, 5.41) is 12.7. The van der Waals surface area contributed by atoms with Gasteiger partial charge in [0.05, 0.1) is 12.5 Å². The minimum absolute atomic E-state index is 0.0258. The molecule has 0 amide bonds. The number of carbonyl (C=O) groups excluding carboxylic acids is 1. The van der Waals surface area contributed by atoms with Crippen molar-refractivity contribution in [3.63, 3.8) is 0 Å². The van der Waals surface area contributed by atoms with Crippen LogP contribution in [0.25, 0.3) is 0 Å². The van der Waals surface area contributed by atoms with Gasteiger partial charge in [0.1, 0.15) is 18.0 Å². The highest BCUT2D eigenvalue weighted by Crippen LogP contribution is 2.28. The number of thioether (sulfide) groups is 1. The predicted molar refractivity (Wildman–Crippen MR) is 87.9 cm³/mol. The summed E-state index contributed by atoms with van der Waals surface area (Å²) in [4.78, 5) is 21.9. The smallest absolute Gasteiger partial charge is 0.303 e. The second kappa shape index (κ2) is 7.99. The van der Waals surface area contributed by atoms with Gasteiger partial charge in [-0.15, -0.1) is 0 Å². The Morgan fingerprint density at radius 3 is 3.04 bits per heavy atom. The van der Waals surface area contributed by atoms with Crippen molar-refractivity contribution in [1.82, 2.24) is 15.3 Å². The maximum atomic E-state index is 11.0. The fraction of sp³-hybridized carbons (Fsp3) is 0.571. The van der Waals surface area contributed by atoms with Crippen molar-refractivity contribution in [2.24, 2.45) is 0 Å². The van der Waals surface area contributed by atoms with Crippen LogP contribution in [0.2, 0.25) is 0 Å². The number of nitrogen functional groups attached to an aromatic ring is 1. The molecule has 9 heteroatoms. The van der Waals surface area contributed by atoms with Crippen LogP contribution in [0, 0.1) is 11.3 Å². The maximum absolute atomic E-state index is 11.0. The van der Waals surface area contributed by atoms with E-state index >= 15 is 0 Å². The van der Waals surface area contributed by atoms with Crippen LogP contribution in [0.3, 0.4) is 0 Å². The van der Waals surface area contributed by atoms with Gasteiger partial charge in [0.25, 0.3) is 0 Å². The lowest BCUT2D eigenvalue weighted by atomic mass is 10.1. The van der Waals surface area contributed by atoms with E-state index in [4.69, 9.17) is 15.7 Å². The van der Waals surface area contributed by atoms with Crippen LogP contribution in [0.1, 0.15) is 19.0 Å². The van der Waals surface area contributed by atoms with E-state index in [-0.39, 0.29) is 18.6 Å². The lowest BCUT2D eigenvalue weighted by Crippen LogP contribution is -2.51. The van der Waals surface area contributed by atoms with E-state index in [9.17, 15) is 4.79 Å². The Morgan fingerprint density at radius 2 is 2.39 bits per heavy atom. The van der Waals surface area contributed by atoms with Crippen LogP contribution >= 0.6 is 11.8 Å². The van der Waals surface area contributed by atoms with E-state index in [0.29, 0.717) is 35.3 Å². The number of nitriles is 1. The zero-order valence-electron chi connectivity index (χ0n) is 13.2. The molecule has 2 rings (SSSR count). The summed E-state index contributed by atoms with van der Waals surface area (Å²) >= 11 is 1.40.